The van der Waals surface area contributed by atoms with E-state index in [1.54, 1.807) is 20.2 Å². The summed E-state index contributed by atoms with van der Waals surface area (Å²) in [6.45, 7) is 4.13. The zero-order valence-electron chi connectivity index (χ0n) is 15.3. The topological polar surface area (TPSA) is 57.2 Å². The summed E-state index contributed by atoms with van der Waals surface area (Å²) in [6.07, 6.45) is 0.980. The van der Waals surface area contributed by atoms with E-state index in [2.05, 4.69) is 17.2 Å². The number of carbonyl (C=O) groups excluding carboxylic acids is 1. The van der Waals surface area contributed by atoms with Gasteiger partial charge in [0.05, 0.1) is 6.54 Å². The number of halogens is 2. The van der Waals surface area contributed by atoms with Crippen molar-refractivity contribution in [2.75, 3.05) is 47.4 Å². The van der Waals surface area contributed by atoms with Crippen LogP contribution in [0.25, 0.3) is 0 Å². The van der Waals surface area contributed by atoms with Gasteiger partial charge in [-0.2, -0.15) is 0 Å². The van der Waals surface area contributed by atoms with Gasteiger partial charge >= 0.3 is 0 Å². The first-order valence-corrected chi connectivity index (χ1v) is 8.39. The number of carbonyl (C=O) groups is 1. The second-order valence-corrected chi connectivity index (χ2v) is 6.02. The quantitative estimate of drug-likeness (QED) is 0.352. The van der Waals surface area contributed by atoms with E-state index in [-0.39, 0.29) is 36.4 Å². The van der Waals surface area contributed by atoms with Crippen molar-refractivity contribution in [2.24, 2.45) is 4.99 Å². The summed E-state index contributed by atoms with van der Waals surface area (Å²) in [7, 11) is 5.36. The normalized spacial score (nSPS) is 10.7. The summed E-state index contributed by atoms with van der Waals surface area (Å²) >= 11 is 5.93. The SMILES string of the molecule is CCCNC(=NCC(=O)N(C)C)N(C)CCOc1cccc(Cl)c1.I. The van der Waals surface area contributed by atoms with Crippen LogP contribution in [0.5, 0.6) is 5.75 Å². The number of hydrogen-bond donors (Lipinski definition) is 1. The summed E-state index contributed by atoms with van der Waals surface area (Å²) in [5.41, 5.74) is 0. The molecule has 0 heterocycles. The Morgan fingerprint density at radius 1 is 1.32 bits per heavy atom. The Bertz CT molecular complexity index is 555. The van der Waals surface area contributed by atoms with Gasteiger partial charge in [0.2, 0.25) is 5.91 Å². The van der Waals surface area contributed by atoms with E-state index in [9.17, 15) is 4.79 Å². The molecular weight excluding hydrogens is 455 g/mol. The summed E-state index contributed by atoms with van der Waals surface area (Å²) in [5, 5.41) is 3.90. The molecular formula is C17H28ClIN4O2. The molecule has 0 atom stereocenters. The summed E-state index contributed by atoms with van der Waals surface area (Å²) in [5.74, 6) is 1.40. The van der Waals surface area contributed by atoms with E-state index < -0.39 is 0 Å². The van der Waals surface area contributed by atoms with Gasteiger partial charge in [0.25, 0.3) is 0 Å². The number of nitrogens with zero attached hydrogens (tertiary/aromatic N) is 3. The first-order valence-electron chi connectivity index (χ1n) is 8.02. The van der Waals surface area contributed by atoms with Crippen molar-refractivity contribution < 1.29 is 9.53 Å². The lowest BCUT2D eigenvalue weighted by atomic mass is 10.3. The van der Waals surface area contributed by atoms with Crippen molar-refractivity contribution in [2.45, 2.75) is 13.3 Å². The molecule has 0 aliphatic carbocycles. The number of guanidine groups is 1. The second kappa shape index (κ2) is 13.0. The van der Waals surface area contributed by atoms with Gasteiger partial charge in [0.1, 0.15) is 18.9 Å². The van der Waals surface area contributed by atoms with E-state index in [1.165, 1.54) is 4.90 Å². The molecule has 1 aromatic carbocycles. The first-order chi connectivity index (χ1) is 11.4. The lowest BCUT2D eigenvalue weighted by molar-refractivity contribution is -0.127. The van der Waals surface area contributed by atoms with Gasteiger partial charge in [-0.05, 0) is 24.6 Å². The molecule has 0 aromatic heterocycles. The van der Waals surface area contributed by atoms with Crippen molar-refractivity contribution in [3.63, 3.8) is 0 Å². The van der Waals surface area contributed by atoms with Crippen molar-refractivity contribution in [3.8, 4) is 5.75 Å². The number of aliphatic imine (C=N–C) groups is 1. The number of rotatable bonds is 8. The summed E-state index contributed by atoms with van der Waals surface area (Å²) < 4.78 is 5.69. The molecule has 0 bridgehead atoms. The molecule has 0 spiro atoms. The molecule has 1 aromatic rings. The van der Waals surface area contributed by atoms with Crippen LogP contribution in [0, 0.1) is 0 Å². The Labute approximate surface area is 172 Å². The number of ether oxygens (including phenoxy) is 1. The Morgan fingerprint density at radius 2 is 2.04 bits per heavy atom. The van der Waals surface area contributed by atoms with Crippen molar-refractivity contribution in [1.29, 1.82) is 0 Å². The third-order valence-corrected chi connectivity index (χ3v) is 3.48. The van der Waals surface area contributed by atoms with Crippen LogP contribution < -0.4 is 10.1 Å². The van der Waals surface area contributed by atoms with Gasteiger partial charge in [-0.1, -0.05) is 24.6 Å². The van der Waals surface area contributed by atoms with Crippen LogP contribution in [0.3, 0.4) is 0 Å². The highest BCUT2D eigenvalue weighted by atomic mass is 127. The highest BCUT2D eigenvalue weighted by Gasteiger charge is 2.09. The number of amides is 1. The van der Waals surface area contributed by atoms with Gasteiger partial charge in [0.15, 0.2) is 5.96 Å². The molecule has 1 amide bonds. The largest absolute Gasteiger partial charge is 0.492 e. The number of nitrogens with one attached hydrogen (secondary N) is 1. The zero-order chi connectivity index (χ0) is 17.9. The Morgan fingerprint density at radius 3 is 2.64 bits per heavy atom. The van der Waals surface area contributed by atoms with E-state index in [0.29, 0.717) is 24.1 Å². The number of hydrogen-bond acceptors (Lipinski definition) is 3. The molecule has 25 heavy (non-hydrogen) atoms. The third-order valence-electron chi connectivity index (χ3n) is 3.25. The predicted molar refractivity (Wildman–Crippen MR) is 114 cm³/mol. The van der Waals surface area contributed by atoms with Crippen LogP contribution in [-0.2, 0) is 4.79 Å². The number of benzene rings is 1. The average molecular weight is 483 g/mol. The molecule has 0 saturated heterocycles. The molecule has 0 fully saturated rings. The van der Waals surface area contributed by atoms with Gasteiger partial charge in [-0.3, -0.25) is 4.79 Å². The molecule has 0 aliphatic rings. The van der Waals surface area contributed by atoms with Crippen LogP contribution >= 0.6 is 35.6 Å². The maximum Gasteiger partial charge on any atom is 0.243 e. The first kappa shape index (κ1) is 23.8. The maximum absolute atomic E-state index is 11.7. The van der Waals surface area contributed by atoms with Crippen molar-refractivity contribution >= 4 is 47.4 Å². The molecule has 0 radical (unpaired) electrons. The summed E-state index contributed by atoms with van der Waals surface area (Å²) in [6, 6.07) is 7.30. The standard InChI is InChI=1S/C17H27ClN4O2.HI/c1-5-9-19-17(20-13-16(23)21(2)3)22(4)10-11-24-15-8-6-7-14(18)12-15;/h6-8,12H,5,9-11,13H2,1-4H3,(H,19,20);1H. The second-order valence-electron chi connectivity index (χ2n) is 5.58. The highest BCUT2D eigenvalue weighted by Crippen LogP contribution is 2.16. The molecule has 1 N–H and O–H groups in total. The molecule has 0 aliphatic heterocycles. The van der Waals surface area contributed by atoms with Gasteiger partial charge < -0.3 is 19.9 Å². The molecule has 1 rings (SSSR count). The monoisotopic (exact) mass is 482 g/mol. The molecule has 142 valence electrons. The minimum atomic E-state index is -0.0330. The minimum absolute atomic E-state index is 0. The average Bonchev–Trinajstić information content (AvgIpc) is 2.54. The van der Waals surface area contributed by atoms with E-state index in [1.807, 2.05) is 30.1 Å². The Kier molecular flexibility index (Phi) is 12.4. The number of likely N-dealkylation sites (N-methyl/N-ethyl adjacent to an activating group) is 2. The Hall–Kier alpha value is -1.22. The predicted octanol–water partition coefficient (Wildman–Crippen LogP) is 2.71. The molecule has 0 unspecified atom stereocenters. The molecule has 0 saturated carbocycles. The fraction of sp³-hybridized carbons (Fsp3) is 0.529. The fourth-order valence-electron chi connectivity index (χ4n) is 1.80. The van der Waals surface area contributed by atoms with Crippen LogP contribution in [0.15, 0.2) is 29.3 Å². The van der Waals surface area contributed by atoms with Gasteiger partial charge in [0, 0.05) is 32.7 Å². The highest BCUT2D eigenvalue weighted by molar-refractivity contribution is 14.0. The van der Waals surface area contributed by atoms with Crippen LogP contribution in [-0.4, -0.2) is 69.1 Å². The van der Waals surface area contributed by atoms with Crippen LogP contribution in [0.2, 0.25) is 5.02 Å². The fourth-order valence-corrected chi connectivity index (χ4v) is 1.98. The van der Waals surface area contributed by atoms with E-state index in [4.69, 9.17) is 16.3 Å². The van der Waals surface area contributed by atoms with Gasteiger partial charge in [-0.25, -0.2) is 4.99 Å². The van der Waals surface area contributed by atoms with Crippen LogP contribution in [0.4, 0.5) is 0 Å². The zero-order valence-corrected chi connectivity index (χ0v) is 18.4. The van der Waals surface area contributed by atoms with Gasteiger partial charge in [-0.15, -0.1) is 24.0 Å². The van der Waals surface area contributed by atoms with Crippen molar-refractivity contribution in [3.05, 3.63) is 29.3 Å². The third kappa shape index (κ3) is 9.74. The summed E-state index contributed by atoms with van der Waals surface area (Å²) in [4.78, 5) is 19.6. The molecule has 6 nitrogen and oxygen atoms in total. The lowest BCUT2D eigenvalue weighted by Gasteiger charge is -2.22. The van der Waals surface area contributed by atoms with Crippen LogP contribution in [0.1, 0.15) is 13.3 Å². The minimum Gasteiger partial charge on any atom is -0.492 e. The Balaban J connectivity index is 0.00000576. The van der Waals surface area contributed by atoms with E-state index >= 15 is 0 Å². The smallest absolute Gasteiger partial charge is 0.243 e. The lowest BCUT2D eigenvalue weighted by Crippen LogP contribution is -2.42. The van der Waals surface area contributed by atoms with E-state index in [0.717, 1.165) is 18.7 Å². The molecule has 8 heteroatoms. The maximum atomic E-state index is 11.7. The van der Waals surface area contributed by atoms with Crippen molar-refractivity contribution in [1.82, 2.24) is 15.1 Å².